The third-order valence-electron chi connectivity index (χ3n) is 3.66. The van der Waals surface area contributed by atoms with Gasteiger partial charge in [0.15, 0.2) is 5.82 Å². The summed E-state index contributed by atoms with van der Waals surface area (Å²) >= 11 is 0. The van der Waals surface area contributed by atoms with Crippen molar-refractivity contribution in [3.63, 3.8) is 0 Å². The van der Waals surface area contributed by atoms with E-state index < -0.39 is 0 Å². The van der Waals surface area contributed by atoms with E-state index in [0.29, 0.717) is 6.04 Å². The first-order valence-corrected chi connectivity index (χ1v) is 6.83. The molecule has 1 aromatic carbocycles. The SMILES string of the molecule is COc1ccc(-c2nc(N3CCC(N)CC3)n[nH]2)cc1. The lowest BCUT2D eigenvalue weighted by Crippen LogP contribution is -2.40. The fourth-order valence-electron chi connectivity index (χ4n) is 2.37. The van der Waals surface area contributed by atoms with Crippen LogP contribution in [-0.4, -0.2) is 41.4 Å². The van der Waals surface area contributed by atoms with Gasteiger partial charge in [0.25, 0.3) is 0 Å². The van der Waals surface area contributed by atoms with Crippen molar-refractivity contribution >= 4 is 5.95 Å². The van der Waals surface area contributed by atoms with E-state index in [2.05, 4.69) is 20.1 Å². The molecular formula is C14H19N5O. The molecule has 1 aliphatic rings. The molecule has 1 aliphatic heterocycles. The van der Waals surface area contributed by atoms with Gasteiger partial charge in [-0.15, -0.1) is 5.10 Å². The van der Waals surface area contributed by atoms with Gasteiger partial charge in [-0.2, -0.15) is 4.98 Å². The van der Waals surface area contributed by atoms with Crippen molar-refractivity contribution in [1.82, 2.24) is 15.2 Å². The molecular weight excluding hydrogens is 254 g/mol. The van der Waals surface area contributed by atoms with Crippen LogP contribution in [0.2, 0.25) is 0 Å². The molecule has 1 fully saturated rings. The van der Waals surface area contributed by atoms with Crippen LogP contribution in [0, 0.1) is 0 Å². The Bertz CT molecular complexity index is 557. The zero-order chi connectivity index (χ0) is 13.9. The van der Waals surface area contributed by atoms with Crippen LogP contribution in [0.4, 0.5) is 5.95 Å². The van der Waals surface area contributed by atoms with Crippen LogP contribution in [0.25, 0.3) is 11.4 Å². The highest BCUT2D eigenvalue weighted by atomic mass is 16.5. The smallest absolute Gasteiger partial charge is 0.245 e. The van der Waals surface area contributed by atoms with Gasteiger partial charge in [0.05, 0.1) is 7.11 Å². The molecule has 0 saturated carbocycles. The Morgan fingerprint density at radius 3 is 2.60 bits per heavy atom. The first-order chi connectivity index (χ1) is 9.76. The molecule has 106 valence electrons. The molecule has 1 aromatic heterocycles. The fraction of sp³-hybridized carbons (Fsp3) is 0.429. The molecule has 0 spiro atoms. The lowest BCUT2D eigenvalue weighted by molar-refractivity contribution is 0.415. The summed E-state index contributed by atoms with van der Waals surface area (Å²) in [4.78, 5) is 6.74. The van der Waals surface area contributed by atoms with Crippen LogP contribution in [0.1, 0.15) is 12.8 Å². The molecule has 0 atom stereocenters. The standard InChI is InChI=1S/C14H19N5O/c1-20-12-4-2-10(3-5-12)13-16-14(18-17-13)19-8-6-11(15)7-9-19/h2-5,11H,6-9,15H2,1H3,(H,16,17,18). The Morgan fingerprint density at radius 2 is 1.95 bits per heavy atom. The van der Waals surface area contributed by atoms with Crippen LogP contribution < -0.4 is 15.4 Å². The van der Waals surface area contributed by atoms with Crippen molar-refractivity contribution in [3.8, 4) is 17.1 Å². The average molecular weight is 273 g/mol. The van der Waals surface area contributed by atoms with Gasteiger partial charge in [-0.05, 0) is 37.1 Å². The fourth-order valence-corrected chi connectivity index (χ4v) is 2.37. The Balaban J connectivity index is 1.75. The van der Waals surface area contributed by atoms with E-state index in [4.69, 9.17) is 10.5 Å². The quantitative estimate of drug-likeness (QED) is 0.883. The Hall–Kier alpha value is -2.08. The molecule has 1 saturated heterocycles. The number of ether oxygens (including phenoxy) is 1. The van der Waals surface area contributed by atoms with Crippen LogP contribution in [0.15, 0.2) is 24.3 Å². The van der Waals surface area contributed by atoms with E-state index in [0.717, 1.165) is 49.0 Å². The van der Waals surface area contributed by atoms with Gasteiger partial charge in [-0.3, -0.25) is 5.10 Å². The monoisotopic (exact) mass is 273 g/mol. The maximum atomic E-state index is 5.91. The third-order valence-corrected chi connectivity index (χ3v) is 3.66. The van der Waals surface area contributed by atoms with Crippen LogP contribution in [0.3, 0.4) is 0 Å². The highest BCUT2D eigenvalue weighted by Crippen LogP contribution is 2.22. The third kappa shape index (κ3) is 2.60. The summed E-state index contributed by atoms with van der Waals surface area (Å²) in [5.41, 5.74) is 6.91. The van der Waals surface area contributed by atoms with Gasteiger partial charge in [0.1, 0.15) is 5.75 Å². The second-order valence-electron chi connectivity index (χ2n) is 5.04. The normalized spacial score (nSPS) is 16.4. The summed E-state index contributed by atoms with van der Waals surface area (Å²) < 4.78 is 5.15. The highest BCUT2D eigenvalue weighted by molar-refractivity contribution is 5.57. The van der Waals surface area contributed by atoms with Crippen LogP contribution in [-0.2, 0) is 0 Å². The molecule has 2 aromatic rings. The van der Waals surface area contributed by atoms with Gasteiger partial charge in [0, 0.05) is 24.7 Å². The highest BCUT2D eigenvalue weighted by Gasteiger charge is 2.19. The molecule has 0 amide bonds. The summed E-state index contributed by atoms with van der Waals surface area (Å²) in [6.45, 7) is 1.84. The molecule has 0 aliphatic carbocycles. The van der Waals surface area contributed by atoms with E-state index in [-0.39, 0.29) is 0 Å². The largest absolute Gasteiger partial charge is 0.497 e. The molecule has 0 radical (unpaired) electrons. The lowest BCUT2D eigenvalue weighted by atomic mass is 10.1. The summed E-state index contributed by atoms with van der Waals surface area (Å²) in [5.74, 6) is 2.36. The van der Waals surface area contributed by atoms with Crippen molar-refractivity contribution in [3.05, 3.63) is 24.3 Å². The molecule has 3 rings (SSSR count). The van der Waals surface area contributed by atoms with Crippen LogP contribution in [0.5, 0.6) is 5.75 Å². The minimum Gasteiger partial charge on any atom is -0.497 e. The molecule has 6 heteroatoms. The Labute approximate surface area is 118 Å². The maximum absolute atomic E-state index is 5.91. The van der Waals surface area contributed by atoms with Gasteiger partial charge >= 0.3 is 0 Å². The van der Waals surface area contributed by atoms with Crippen LogP contribution >= 0.6 is 0 Å². The van der Waals surface area contributed by atoms with E-state index in [1.165, 1.54) is 0 Å². The van der Waals surface area contributed by atoms with Crippen molar-refractivity contribution in [1.29, 1.82) is 0 Å². The number of rotatable bonds is 3. The van der Waals surface area contributed by atoms with E-state index in [1.54, 1.807) is 7.11 Å². The number of nitrogens with one attached hydrogen (secondary N) is 1. The number of nitrogens with two attached hydrogens (primary N) is 1. The van der Waals surface area contributed by atoms with Gasteiger partial charge in [-0.1, -0.05) is 0 Å². The van der Waals surface area contributed by atoms with Gasteiger partial charge in [-0.25, -0.2) is 0 Å². The number of hydrogen-bond donors (Lipinski definition) is 2. The zero-order valence-electron chi connectivity index (χ0n) is 11.5. The van der Waals surface area contributed by atoms with Crippen molar-refractivity contribution in [2.24, 2.45) is 5.73 Å². The zero-order valence-corrected chi connectivity index (χ0v) is 11.5. The van der Waals surface area contributed by atoms with Gasteiger partial charge in [0.2, 0.25) is 5.95 Å². The number of methoxy groups -OCH3 is 1. The number of benzene rings is 1. The second-order valence-corrected chi connectivity index (χ2v) is 5.04. The minimum absolute atomic E-state index is 0.311. The first kappa shape index (κ1) is 12.9. The molecule has 20 heavy (non-hydrogen) atoms. The molecule has 3 N–H and O–H groups in total. The number of aromatic nitrogens is 3. The number of H-pyrrole nitrogens is 1. The predicted molar refractivity (Wildman–Crippen MR) is 77.8 cm³/mol. The summed E-state index contributed by atoms with van der Waals surface area (Å²) in [7, 11) is 1.66. The Kier molecular flexibility index (Phi) is 3.56. The Morgan fingerprint density at radius 1 is 1.25 bits per heavy atom. The summed E-state index contributed by atoms with van der Waals surface area (Å²) in [6, 6.07) is 8.07. The first-order valence-electron chi connectivity index (χ1n) is 6.83. The molecule has 2 heterocycles. The number of nitrogens with zero attached hydrogens (tertiary/aromatic N) is 3. The van der Waals surface area contributed by atoms with Crippen molar-refractivity contribution < 1.29 is 4.74 Å². The number of anilines is 1. The van der Waals surface area contributed by atoms with Crippen molar-refractivity contribution in [2.75, 3.05) is 25.1 Å². The van der Waals surface area contributed by atoms with Crippen molar-refractivity contribution in [2.45, 2.75) is 18.9 Å². The van der Waals surface area contributed by atoms with Gasteiger partial charge < -0.3 is 15.4 Å². The minimum atomic E-state index is 0.311. The predicted octanol–water partition coefficient (Wildman–Crippen LogP) is 1.41. The topological polar surface area (TPSA) is 80.1 Å². The molecule has 0 unspecified atom stereocenters. The lowest BCUT2D eigenvalue weighted by Gasteiger charge is -2.28. The maximum Gasteiger partial charge on any atom is 0.245 e. The average Bonchev–Trinajstić information content (AvgIpc) is 2.98. The number of aromatic amines is 1. The number of hydrogen-bond acceptors (Lipinski definition) is 5. The van der Waals surface area contributed by atoms with E-state index >= 15 is 0 Å². The number of piperidine rings is 1. The van der Waals surface area contributed by atoms with E-state index in [1.807, 2.05) is 24.3 Å². The second kappa shape index (κ2) is 5.50. The molecule has 0 bridgehead atoms. The summed E-state index contributed by atoms with van der Waals surface area (Å²) in [5, 5.41) is 7.29. The summed E-state index contributed by atoms with van der Waals surface area (Å²) in [6.07, 6.45) is 1.98. The molecule has 6 nitrogen and oxygen atoms in total. The van der Waals surface area contributed by atoms with E-state index in [9.17, 15) is 0 Å².